The normalized spacial score (nSPS) is 11.8. The first-order valence-electron chi connectivity index (χ1n) is 4.06. The first-order valence-corrected chi connectivity index (χ1v) is 4.06. The lowest BCUT2D eigenvalue weighted by Gasteiger charge is -2.04. The van der Waals surface area contributed by atoms with Gasteiger partial charge in [0.1, 0.15) is 0 Å². The predicted octanol–water partition coefficient (Wildman–Crippen LogP) is 0.144. The second-order valence-electron chi connectivity index (χ2n) is 2.77. The third-order valence-electron chi connectivity index (χ3n) is 1.39. The number of rotatable bonds is 5. The Labute approximate surface area is 72.7 Å². The average molecular weight is 169 g/mol. The lowest BCUT2D eigenvalue weighted by Crippen LogP contribution is -2.26. The van der Waals surface area contributed by atoms with Gasteiger partial charge in [-0.3, -0.25) is 4.79 Å². The van der Waals surface area contributed by atoms with E-state index in [0.29, 0.717) is 25.8 Å². The zero-order valence-corrected chi connectivity index (χ0v) is 7.34. The van der Waals surface area contributed by atoms with Gasteiger partial charge in [0, 0.05) is 19.0 Å². The van der Waals surface area contributed by atoms with Crippen LogP contribution >= 0.6 is 0 Å². The van der Waals surface area contributed by atoms with Crippen LogP contribution in [-0.2, 0) is 4.79 Å². The van der Waals surface area contributed by atoms with Crippen molar-refractivity contribution in [2.24, 2.45) is 5.73 Å². The van der Waals surface area contributed by atoms with Crippen LogP contribution in [0.3, 0.4) is 0 Å². The molecule has 0 aliphatic carbocycles. The number of nitrogens with zero attached hydrogens (tertiary/aromatic N) is 1. The van der Waals surface area contributed by atoms with E-state index >= 15 is 0 Å². The third kappa shape index (κ3) is 7.03. The van der Waals surface area contributed by atoms with Crippen molar-refractivity contribution in [1.82, 2.24) is 5.32 Å². The highest BCUT2D eigenvalue weighted by Crippen LogP contribution is 1.92. The molecule has 4 nitrogen and oxygen atoms in total. The van der Waals surface area contributed by atoms with Crippen LogP contribution in [0.25, 0.3) is 0 Å². The molecule has 1 unspecified atom stereocenters. The van der Waals surface area contributed by atoms with Gasteiger partial charge in [-0.15, -0.1) is 0 Å². The highest BCUT2D eigenvalue weighted by atomic mass is 16.1. The maximum absolute atomic E-state index is 10.9. The maximum Gasteiger partial charge on any atom is 0.220 e. The van der Waals surface area contributed by atoms with Gasteiger partial charge in [-0.1, -0.05) is 0 Å². The highest BCUT2D eigenvalue weighted by Gasteiger charge is 2.01. The standard InChI is InChI=1S/C8H15N3O/c1-7(10)3-4-8(12)11-6-2-5-9/h7H,2-4,6,10H2,1H3,(H,11,12). The lowest BCUT2D eigenvalue weighted by molar-refractivity contribution is -0.121. The molecule has 0 radical (unpaired) electrons. The minimum absolute atomic E-state index is 0.0254. The second-order valence-corrected chi connectivity index (χ2v) is 2.77. The molecule has 1 amide bonds. The summed E-state index contributed by atoms with van der Waals surface area (Å²) in [6.07, 6.45) is 1.51. The molecule has 3 N–H and O–H groups in total. The van der Waals surface area contributed by atoms with E-state index in [0.717, 1.165) is 0 Å². The summed E-state index contributed by atoms with van der Waals surface area (Å²) in [6.45, 7) is 2.30. The fourth-order valence-electron chi connectivity index (χ4n) is 0.705. The van der Waals surface area contributed by atoms with E-state index in [1.165, 1.54) is 0 Å². The number of carbonyl (C=O) groups excluding carboxylic acids is 1. The minimum Gasteiger partial charge on any atom is -0.355 e. The van der Waals surface area contributed by atoms with Crippen molar-refractivity contribution >= 4 is 5.91 Å². The van der Waals surface area contributed by atoms with Crippen molar-refractivity contribution in [3.63, 3.8) is 0 Å². The Balaban J connectivity index is 3.29. The van der Waals surface area contributed by atoms with Crippen LogP contribution in [0.4, 0.5) is 0 Å². The van der Waals surface area contributed by atoms with E-state index < -0.39 is 0 Å². The van der Waals surface area contributed by atoms with Gasteiger partial charge >= 0.3 is 0 Å². The zero-order valence-electron chi connectivity index (χ0n) is 7.34. The molecular weight excluding hydrogens is 154 g/mol. The monoisotopic (exact) mass is 169 g/mol. The van der Waals surface area contributed by atoms with Gasteiger partial charge in [-0.2, -0.15) is 5.26 Å². The summed E-state index contributed by atoms with van der Waals surface area (Å²) in [5.41, 5.74) is 5.46. The first-order chi connectivity index (χ1) is 5.66. The fourth-order valence-corrected chi connectivity index (χ4v) is 0.705. The molecule has 0 aliphatic rings. The van der Waals surface area contributed by atoms with Crippen LogP contribution in [0.5, 0.6) is 0 Å². The zero-order chi connectivity index (χ0) is 9.40. The van der Waals surface area contributed by atoms with Gasteiger partial charge in [0.2, 0.25) is 5.91 Å². The Morgan fingerprint density at radius 1 is 1.75 bits per heavy atom. The van der Waals surface area contributed by atoms with Crippen molar-refractivity contribution < 1.29 is 4.79 Å². The Kier molecular flexibility index (Phi) is 6.02. The molecule has 0 aliphatic heterocycles. The SMILES string of the molecule is CC(N)CCC(=O)NCCC#N. The molecular formula is C8H15N3O. The number of nitriles is 1. The number of amides is 1. The fraction of sp³-hybridized carbons (Fsp3) is 0.750. The van der Waals surface area contributed by atoms with Crippen LogP contribution in [0.1, 0.15) is 26.2 Å². The Morgan fingerprint density at radius 2 is 2.42 bits per heavy atom. The van der Waals surface area contributed by atoms with Crippen molar-refractivity contribution in [3.8, 4) is 6.07 Å². The molecule has 1 atom stereocenters. The van der Waals surface area contributed by atoms with Gasteiger partial charge in [0.05, 0.1) is 12.5 Å². The molecule has 0 saturated carbocycles. The van der Waals surface area contributed by atoms with Crippen molar-refractivity contribution in [2.45, 2.75) is 32.2 Å². The molecule has 12 heavy (non-hydrogen) atoms. The van der Waals surface area contributed by atoms with Gasteiger partial charge in [-0.05, 0) is 13.3 Å². The van der Waals surface area contributed by atoms with Crippen LogP contribution < -0.4 is 11.1 Å². The number of nitrogens with one attached hydrogen (secondary N) is 1. The largest absolute Gasteiger partial charge is 0.355 e. The van der Waals surface area contributed by atoms with Crippen molar-refractivity contribution in [3.05, 3.63) is 0 Å². The van der Waals surface area contributed by atoms with Crippen molar-refractivity contribution in [2.75, 3.05) is 6.54 Å². The summed E-state index contributed by atoms with van der Waals surface area (Å²) in [7, 11) is 0. The van der Waals surface area contributed by atoms with E-state index in [9.17, 15) is 4.79 Å². The molecule has 0 aromatic rings. The molecule has 0 rings (SSSR count). The molecule has 0 heterocycles. The van der Waals surface area contributed by atoms with E-state index in [1.807, 2.05) is 13.0 Å². The number of nitrogens with two attached hydrogens (primary N) is 1. The number of carbonyl (C=O) groups is 1. The smallest absolute Gasteiger partial charge is 0.220 e. The molecule has 0 fully saturated rings. The average Bonchev–Trinajstić information content (AvgIpc) is 2.01. The summed E-state index contributed by atoms with van der Waals surface area (Å²) in [4.78, 5) is 10.9. The Morgan fingerprint density at radius 3 is 2.92 bits per heavy atom. The number of hydrogen-bond donors (Lipinski definition) is 2. The van der Waals surface area contributed by atoms with E-state index in [1.54, 1.807) is 0 Å². The maximum atomic E-state index is 10.9. The first kappa shape index (κ1) is 10.9. The topological polar surface area (TPSA) is 78.9 Å². The number of hydrogen-bond acceptors (Lipinski definition) is 3. The van der Waals surface area contributed by atoms with E-state index in [4.69, 9.17) is 11.0 Å². The minimum atomic E-state index is -0.0254. The van der Waals surface area contributed by atoms with Gasteiger partial charge in [0.15, 0.2) is 0 Å². The molecule has 0 aromatic carbocycles. The van der Waals surface area contributed by atoms with Crippen LogP contribution in [0.2, 0.25) is 0 Å². The molecule has 0 bridgehead atoms. The third-order valence-corrected chi connectivity index (χ3v) is 1.39. The van der Waals surface area contributed by atoms with Crippen LogP contribution in [0, 0.1) is 11.3 Å². The Bertz CT molecular complexity index is 172. The van der Waals surface area contributed by atoms with Crippen LogP contribution in [-0.4, -0.2) is 18.5 Å². The molecule has 0 spiro atoms. The van der Waals surface area contributed by atoms with Crippen molar-refractivity contribution in [1.29, 1.82) is 5.26 Å². The van der Waals surface area contributed by atoms with Gasteiger partial charge in [0.25, 0.3) is 0 Å². The molecule has 0 saturated heterocycles. The van der Waals surface area contributed by atoms with Gasteiger partial charge in [-0.25, -0.2) is 0 Å². The summed E-state index contributed by atoms with van der Waals surface area (Å²) in [6, 6.07) is 2.01. The summed E-state index contributed by atoms with van der Waals surface area (Å²) in [5.74, 6) is -0.0254. The summed E-state index contributed by atoms with van der Waals surface area (Å²) < 4.78 is 0. The Hall–Kier alpha value is -1.08. The second kappa shape index (κ2) is 6.62. The molecule has 68 valence electrons. The molecule has 4 heteroatoms. The predicted molar refractivity (Wildman–Crippen MR) is 46.1 cm³/mol. The van der Waals surface area contributed by atoms with Crippen LogP contribution in [0.15, 0.2) is 0 Å². The summed E-state index contributed by atoms with van der Waals surface area (Å²) in [5, 5.41) is 10.8. The highest BCUT2D eigenvalue weighted by molar-refractivity contribution is 5.75. The quantitative estimate of drug-likeness (QED) is 0.575. The van der Waals surface area contributed by atoms with E-state index in [-0.39, 0.29) is 11.9 Å². The summed E-state index contributed by atoms with van der Waals surface area (Å²) >= 11 is 0. The lowest BCUT2D eigenvalue weighted by atomic mass is 10.2. The van der Waals surface area contributed by atoms with Gasteiger partial charge < -0.3 is 11.1 Å². The molecule has 0 aromatic heterocycles. The van der Waals surface area contributed by atoms with E-state index in [2.05, 4.69) is 5.32 Å².